The minimum absolute atomic E-state index is 0.198. The van der Waals surface area contributed by atoms with Gasteiger partial charge in [0, 0.05) is 4.90 Å². The van der Waals surface area contributed by atoms with E-state index in [1.54, 1.807) is 6.07 Å². The summed E-state index contributed by atoms with van der Waals surface area (Å²) in [5.41, 5.74) is 5.73. The van der Waals surface area contributed by atoms with Crippen molar-refractivity contribution in [1.82, 2.24) is 0 Å². The predicted octanol–water partition coefficient (Wildman–Crippen LogP) is 3.43. The van der Waals surface area contributed by atoms with Crippen LogP contribution in [0, 0.1) is 5.82 Å². The second-order valence-corrected chi connectivity index (χ2v) is 4.73. The van der Waals surface area contributed by atoms with Crippen LogP contribution in [-0.4, -0.2) is 17.3 Å². The first-order valence-corrected chi connectivity index (χ1v) is 6.96. The zero-order valence-corrected chi connectivity index (χ0v) is 11.5. The van der Waals surface area contributed by atoms with Crippen molar-refractivity contribution in [3.8, 4) is 11.5 Å². The molecular formula is C14H13FN2O2S. The Bertz CT molecular complexity index is 647. The molecule has 20 heavy (non-hydrogen) atoms. The van der Waals surface area contributed by atoms with Crippen molar-refractivity contribution in [3.63, 3.8) is 0 Å². The number of hydrogen-bond acceptors (Lipinski definition) is 4. The second kappa shape index (κ2) is 6.29. The van der Waals surface area contributed by atoms with Crippen LogP contribution >= 0.6 is 11.8 Å². The average Bonchev–Trinajstić information content (AvgIpc) is 2.48. The van der Waals surface area contributed by atoms with Gasteiger partial charge in [0.05, 0.1) is 5.56 Å². The third kappa shape index (κ3) is 3.03. The van der Waals surface area contributed by atoms with E-state index in [9.17, 15) is 4.39 Å². The van der Waals surface area contributed by atoms with Gasteiger partial charge in [-0.15, -0.1) is 11.8 Å². The fourth-order valence-electron chi connectivity index (χ4n) is 1.67. The number of oxime groups is 1. The van der Waals surface area contributed by atoms with E-state index in [1.165, 1.54) is 23.9 Å². The molecule has 3 N–H and O–H groups in total. The van der Waals surface area contributed by atoms with Crippen LogP contribution in [0.3, 0.4) is 0 Å². The summed E-state index contributed by atoms with van der Waals surface area (Å²) in [6.07, 6.45) is 1.93. The van der Waals surface area contributed by atoms with E-state index in [1.807, 2.05) is 24.5 Å². The number of thioether (sulfide) groups is 1. The number of nitrogens with two attached hydrogens (primary N) is 1. The van der Waals surface area contributed by atoms with Crippen LogP contribution in [0.5, 0.6) is 11.5 Å². The maximum absolute atomic E-state index is 13.3. The van der Waals surface area contributed by atoms with Crippen LogP contribution in [0.25, 0.3) is 0 Å². The van der Waals surface area contributed by atoms with Gasteiger partial charge in [-0.05, 0) is 36.6 Å². The average molecular weight is 292 g/mol. The smallest absolute Gasteiger partial charge is 0.173 e. The molecule has 0 aliphatic heterocycles. The molecule has 0 atom stereocenters. The minimum atomic E-state index is -0.489. The summed E-state index contributed by atoms with van der Waals surface area (Å²) >= 11 is 1.53. The number of para-hydroxylation sites is 1. The van der Waals surface area contributed by atoms with Crippen molar-refractivity contribution < 1.29 is 14.3 Å². The Hall–Kier alpha value is -2.21. The van der Waals surface area contributed by atoms with Crippen LogP contribution < -0.4 is 10.5 Å². The molecule has 2 rings (SSSR count). The highest BCUT2D eigenvalue weighted by Crippen LogP contribution is 2.33. The van der Waals surface area contributed by atoms with Gasteiger partial charge in [-0.1, -0.05) is 17.3 Å². The molecule has 0 fully saturated rings. The van der Waals surface area contributed by atoms with Gasteiger partial charge in [-0.3, -0.25) is 0 Å². The number of ether oxygens (including phenoxy) is 1. The first kappa shape index (κ1) is 14.2. The minimum Gasteiger partial charge on any atom is -0.455 e. The van der Waals surface area contributed by atoms with Crippen molar-refractivity contribution in [2.45, 2.75) is 4.90 Å². The third-order valence-corrected chi connectivity index (χ3v) is 3.39. The summed E-state index contributed by atoms with van der Waals surface area (Å²) in [6, 6.07) is 11.3. The number of hydrogen-bond donors (Lipinski definition) is 2. The molecule has 0 bridgehead atoms. The molecule has 0 aliphatic rings. The van der Waals surface area contributed by atoms with E-state index in [0.29, 0.717) is 11.5 Å². The Morgan fingerprint density at radius 3 is 2.70 bits per heavy atom. The molecule has 6 heteroatoms. The van der Waals surface area contributed by atoms with Crippen molar-refractivity contribution in [2.75, 3.05) is 6.26 Å². The highest BCUT2D eigenvalue weighted by atomic mass is 32.2. The van der Waals surface area contributed by atoms with Gasteiger partial charge in [0.2, 0.25) is 0 Å². The lowest BCUT2D eigenvalue weighted by Crippen LogP contribution is -2.14. The molecule has 0 aliphatic carbocycles. The second-order valence-electron chi connectivity index (χ2n) is 3.88. The topological polar surface area (TPSA) is 67.8 Å². The fraction of sp³-hybridized carbons (Fsp3) is 0.0714. The molecule has 4 nitrogen and oxygen atoms in total. The van der Waals surface area contributed by atoms with Gasteiger partial charge >= 0.3 is 0 Å². The van der Waals surface area contributed by atoms with E-state index in [-0.39, 0.29) is 11.4 Å². The van der Waals surface area contributed by atoms with Crippen LogP contribution in [0.1, 0.15) is 5.56 Å². The molecule has 0 radical (unpaired) electrons. The Morgan fingerprint density at radius 1 is 1.25 bits per heavy atom. The zero-order chi connectivity index (χ0) is 14.5. The fourth-order valence-corrected chi connectivity index (χ4v) is 2.19. The summed E-state index contributed by atoms with van der Waals surface area (Å²) in [7, 11) is 0. The largest absolute Gasteiger partial charge is 0.455 e. The lowest BCUT2D eigenvalue weighted by molar-refractivity contribution is 0.318. The van der Waals surface area contributed by atoms with Crippen molar-refractivity contribution in [3.05, 3.63) is 53.8 Å². The highest BCUT2D eigenvalue weighted by molar-refractivity contribution is 7.98. The van der Waals surface area contributed by atoms with Crippen molar-refractivity contribution in [2.24, 2.45) is 10.9 Å². The Labute approximate surface area is 120 Å². The SMILES string of the molecule is CSc1ccccc1Oc1ccc(F)cc1C(N)=NO. The molecule has 2 aromatic carbocycles. The molecule has 0 heterocycles. The van der Waals surface area contributed by atoms with Crippen LogP contribution in [0.15, 0.2) is 52.5 Å². The summed E-state index contributed by atoms with van der Waals surface area (Å²) in [5, 5.41) is 11.6. The Kier molecular flexibility index (Phi) is 4.47. The number of halogens is 1. The standard InChI is InChI=1S/C14H13FN2O2S/c1-20-13-5-3-2-4-12(13)19-11-7-6-9(15)8-10(11)14(16)17-18/h2-8,18H,1H3,(H2,16,17). The van der Waals surface area contributed by atoms with Crippen LogP contribution in [0.2, 0.25) is 0 Å². The Balaban J connectivity index is 2.43. The quantitative estimate of drug-likeness (QED) is 0.298. The first-order chi connectivity index (χ1) is 9.65. The third-order valence-electron chi connectivity index (χ3n) is 2.61. The maximum Gasteiger partial charge on any atom is 0.173 e. The zero-order valence-electron chi connectivity index (χ0n) is 10.7. The summed E-state index contributed by atoms with van der Waals surface area (Å²) in [6.45, 7) is 0. The van der Waals surface area contributed by atoms with Gasteiger partial charge in [-0.2, -0.15) is 0 Å². The number of amidine groups is 1. The number of nitrogens with zero attached hydrogens (tertiary/aromatic N) is 1. The van der Waals surface area contributed by atoms with Crippen LogP contribution in [-0.2, 0) is 0 Å². The molecule has 0 saturated carbocycles. The van der Waals surface area contributed by atoms with E-state index in [4.69, 9.17) is 15.7 Å². The van der Waals surface area contributed by atoms with Crippen molar-refractivity contribution >= 4 is 17.6 Å². The van der Waals surface area contributed by atoms with Gasteiger partial charge in [0.25, 0.3) is 0 Å². The van der Waals surface area contributed by atoms with E-state index in [0.717, 1.165) is 11.0 Å². The highest BCUT2D eigenvalue weighted by Gasteiger charge is 2.12. The normalized spacial score (nSPS) is 11.4. The lowest BCUT2D eigenvalue weighted by Gasteiger charge is -2.12. The van der Waals surface area contributed by atoms with E-state index >= 15 is 0 Å². The first-order valence-electron chi connectivity index (χ1n) is 5.74. The summed E-state index contributed by atoms with van der Waals surface area (Å²) in [4.78, 5) is 0.933. The Morgan fingerprint density at radius 2 is 2.00 bits per heavy atom. The monoisotopic (exact) mass is 292 g/mol. The molecule has 104 valence electrons. The van der Waals surface area contributed by atoms with Crippen LogP contribution in [0.4, 0.5) is 4.39 Å². The molecule has 0 saturated heterocycles. The predicted molar refractivity (Wildman–Crippen MR) is 77.2 cm³/mol. The lowest BCUT2D eigenvalue weighted by atomic mass is 10.2. The van der Waals surface area contributed by atoms with Gasteiger partial charge < -0.3 is 15.7 Å². The molecular weight excluding hydrogens is 279 g/mol. The van der Waals surface area contributed by atoms with Crippen molar-refractivity contribution in [1.29, 1.82) is 0 Å². The summed E-state index contributed by atoms with van der Waals surface area (Å²) < 4.78 is 19.0. The molecule has 0 unspecified atom stereocenters. The van der Waals surface area contributed by atoms with Gasteiger partial charge in [-0.25, -0.2) is 4.39 Å². The maximum atomic E-state index is 13.3. The molecule has 0 spiro atoms. The van der Waals surface area contributed by atoms with Gasteiger partial charge in [0.1, 0.15) is 17.3 Å². The molecule has 0 aromatic heterocycles. The number of rotatable bonds is 4. The molecule has 0 amide bonds. The van der Waals surface area contributed by atoms with E-state index < -0.39 is 5.82 Å². The molecule has 2 aromatic rings. The van der Waals surface area contributed by atoms with Gasteiger partial charge in [0.15, 0.2) is 5.84 Å². The summed E-state index contributed by atoms with van der Waals surface area (Å²) in [5.74, 6) is 0.250. The van der Waals surface area contributed by atoms with E-state index in [2.05, 4.69) is 5.16 Å². The number of benzene rings is 2.